The molecule has 1 rings (SSSR count). The Hall–Kier alpha value is -0.920. The third kappa shape index (κ3) is 3.29. The first kappa shape index (κ1) is 12.2. The Bertz CT molecular complexity index is 413. The van der Waals surface area contributed by atoms with Gasteiger partial charge in [0, 0.05) is 25.9 Å². The molecule has 1 aromatic heterocycles. The lowest BCUT2D eigenvalue weighted by molar-refractivity contribution is 0.275. The third-order valence-electron chi connectivity index (χ3n) is 1.87. The molecule has 1 heterocycles. The average molecular weight is 233 g/mol. The first-order valence-corrected chi connectivity index (χ1v) is 6.05. The largest absolute Gasteiger partial charge is 0.396 e. The fourth-order valence-electron chi connectivity index (χ4n) is 1.11. The maximum atomic E-state index is 11.7. The summed E-state index contributed by atoms with van der Waals surface area (Å²) >= 11 is 0. The first-order valence-electron chi connectivity index (χ1n) is 4.57. The van der Waals surface area contributed by atoms with Gasteiger partial charge in [-0.3, -0.25) is 0 Å². The molecule has 0 saturated heterocycles. The van der Waals surface area contributed by atoms with E-state index in [1.165, 1.54) is 12.5 Å². The van der Waals surface area contributed by atoms with Crippen LogP contribution in [-0.4, -0.2) is 35.7 Å². The van der Waals surface area contributed by atoms with Crippen LogP contribution in [-0.2, 0) is 17.1 Å². The number of nitrogens with one attached hydrogen (secondary N) is 1. The number of aliphatic hydroxyl groups excluding tert-OH is 1. The Balaban J connectivity index is 2.76. The van der Waals surface area contributed by atoms with Crippen molar-refractivity contribution in [2.45, 2.75) is 24.4 Å². The highest BCUT2D eigenvalue weighted by Gasteiger charge is 2.19. The molecule has 0 aliphatic heterocycles. The van der Waals surface area contributed by atoms with Gasteiger partial charge >= 0.3 is 0 Å². The molecule has 0 spiro atoms. The van der Waals surface area contributed by atoms with Gasteiger partial charge in [0.1, 0.15) is 0 Å². The molecular formula is C8H15N3O3S. The van der Waals surface area contributed by atoms with Crippen LogP contribution in [0.3, 0.4) is 0 Å². The Morgan fingerprint density at radius 3 is 2.80 bits per heavy atom. The molecule has 0 bridgehead atoms. The Morgan fingerprint density at radius 2 is 2.33 bits per heavy atom. The zero-order valence-corrected chi connectivity index (χ0v) is 9.53. The fraction of sp³-hybridized carbons (Fsp3) is 0.625. The van der Waals surface area contributed by atoms with Gasteiger partial charge in [0.25, 0.3) is 10.0 Å². The number of nitrogens with zero attached hydrogens (tertiary/aromatic N) is 2. The number of hydrogen-bond acceptors (Lipinski definition) is 4. The molecular weight excluding hydrogens is 218 g/mol. The van der Waals surface area contributed by atoms with Crippen molar-refractivity contribution in [3.05, 3.63) is 12.5 Å². The molecule has 0 fully saturated rings. The lowest BCUT2D eigenvalue weighted by atomic mass is 10.3. The maximum Gasteiger partial charge on any atom is 0.259 e. The van der Waals surface area contributed by atoms with Crippen molar-refractivity contribution < 1.29 is 13.5 Å². The van der Waals surface area contributed by atoms with Crippen LogP contribution in [0.15, 0.2) is 17.6 Å². The second kappa shape index (κ2) is 4.73. The van der Waals surface area contributed by atoms with Gasteiger partial charge in [0.2, 0.25) is 0 Å². The molecule has 0 saturated carbocycles. The van der Waals surface area contributed by atoms with Crippen LogP contribution in [0, 0.1) is 0 Å². The summed E-state index contributed by atoms with van der Waals surface area (Å²) in [4.78, 5) is 3.75. The summed E-state index contributed by atoms with van der Waals surface area (Å²) in [6.07, 6.45) is 3.23. The molecule has 0 amide bonds. The summed E-state index contributed by atoms with van der Waals surface area (Å²) in [5.41, 5.74) is 0. The van der Waals surface area contributed by atoms with E-state index in [0.29, 0.717) is 6.42 Å². The summed E-state index contributed by atoms with van der Waals surface area (Å²) in [7, 11) is -1.86. The summed E-state index contributed by atoms with van der Waals surface area (Å²) < 4.78 is 27.3. The van der Waals surface area contributed by atoms with Crippen LogP contribution in [0.4, 0.5) is 0 Å². The summed E-state index contributed by atoms with van der Waals surface area (Å²) in [6, 6.07) is -0.304. The predicted molar refractivity (Wildman–Crippen MR) is 54.7 cm³/mol. The number of rotatable bonds is 5. The highest BCUT2D eigenvalue weighted by atomic mass is 32.2. The maximum absolute atomic E-state index is 11.7. The van der Waals surface area contributed by atoms with E-state index >= 15 is 0 Å². The molecule has 0 aromatic carbocycles. The molecule has 1 unspecified atom stereocenters. The lowest BCUT2D eigenvalue weighted by Gasteiger charge is -2.10. The molecule has 0 aliphatic carbocycles. The number of imidazole rings is 1. The monoisotopic (exact) mass is 233 g/mol. The van der Waals surface area contributed by atoms with Gasteiger partial charge in [-0.2, -0.15) is 0 Å². The smallest absolute Gasteiger partial charge is 0.259 e. The van der Waals surface area contributed by atoms with Gasteiger partial charge in [-0.25, -0.2) is 18.1 Å². The van der Waals surface area contributed by atoms with Crippen LogP contribution in [0.5, 0.6) is 0 Å². The quantitative estimate of drug-likeness (QED) is 0.716. The van der Waals surface area contributed by atoms with Gasteiger partial charge in [-0.05, 0) is 13.3 Å². The van der Waals surface area contributed by atoms with Gasteiger partial charge in [0.05, 0.1) is 6.33 Å². The first-order chi connectivity index (χ1) is 6.95. The van der Waals surface area contributed by atoms with E-state index in [2.05, 4.69) is 9.71 Å². The highest BCUT2D eigenvalue weighted by molar-refractivity contribution is 7.89. The molecule has 1 aromatic rings. The highest BCUT2D eigenvalue weighted by Crippen LogP contribution is 2.05. The van der Waals surface area contributed by atoms with Crippen molar-refractivity contribution in [1.29, 1.82) is 0 Å². The molecule has 15 heavy (non-hydrogen) atoms. The third-order valence-corrected chi connectivity index (χ3v) is 3.35. The summed E-state index contributed by atoms with van der Waals surface area (Å²) in [5.74, 6) is 0. The van der Waals surface area contributed by atoms with Crippen LogP contribution >= 0.6 is 0 Å². The minimum atomic E-state index is -3.55. The fourth-order valence-corrected chi connectivity index (χ4v) is 2.36. The van der Waals surface area contributed by atoms with Gasteiger partial charge in [-0.1, -0.05) is 0 Å². The zero-order valence-electron chi connectivity index (χ0n) is 8.71. The number of aromatic nitrogens is 2. The molecule has 86 valence electrons. The van der Waals surface area contributed by atoms with Crippen molar-refractivity contribution in [2.75, 3.05) is 6.61 Å². The zero-order chi connectivity index (χ0) is 11.5. The van der Waals surface area contributed by atoms with Crippen LogP contribution < -0.4 is 4.72 Å². The van der Waals surface area contributed by atoms with Crippen molar-refractivity contribution in [2.24, 2.45) is 7.05 Å². The van der Waals surface area contributed by atoms with Crippen molar-refractivity contribution in [1.82, 2.24) is 14.3 Å². The van der Waals surface area contributed by atoms with E-state index in [4.69, 9.17) is 5.11 Å². The lowest BCUT2D eigenvalue weighted by Crippen LogP contribution is -2.33. The normalized spacial score (nSPS) is 14.1. The molecule has 0 radical (unpaired) electrons. The van der Waals surface area contributed by atoms with E-state index in [1.807, 2.05) is 0 Å². The van der Waals surface area contributed by atoms with Crippen molar-refractivity contribution >= 4 is 10.0 Å². The Kier molecular flexibility index (Phi) is 3.83. The van der Waals surface area contributed by atoms with E-state index < -0.39 is 10.0 Å². The van der Waals surface area contributed by atoms with Crippen molar-refractivity contribution in [3.63, 3.8) is 0 Å². The topological polar surface area (TPSA) is 84.2 Å². The summed E-state index contributed by atoms with van der Waals surface area (Å²) in [6.45, 7) is 1.64. The number of aryl methyl sites for hydroxylation is 1. The predicted octanol–water partition coefficient (Wildman–Crippen LogP) is -0.531. The minimum absolute atomic E-state index is 0.00482. The van der Waals surface area contributed by atoms with Crippen LogP contribution in [0.2, 0.25) is 0 Å². The Morgan fingerprint density at radius 1 is 1.67 bits per heavy atom. The molecule has 7 heteroatoms. The van der Waals surface area contributed by atoms with E-state index in [9.17, 15) is 8.42 Å². The van der Waals surface area contributed by atoms with E-state index in [0.717, 1.165) is 0 Å². The van der Waals surface area contributed by atoms with E-state index in [-0.39, 0.29) is 17.7 Å². The van der Waals surface area contributed by atoms with Gasteiger partial charge in [-0.15, -0.1) is 0 Å². The minimum Gasteiger partial charge on any atom is -0.396 e. The van der Waals surface area contributed by atoms with Gasteiger partial charge in [0.15, 0.2) is 5.03 Å². The number of aliphatic hydroxyl groups is 1. The summed E-state index contributed by atoms with van der Waals surface area (Å²) in [5, 5.41) is 8.65. The number of sulfonamides is 1. The Labute approximate surface area is 89.0 Å². The van der Waals surface area contributed by atoms with Crippen molar-refractivity contribution in [3.8, 4) is 0 Å². The second-order valence-corrected chi connectivity index (χ2v) is 5.07. The van der Waals surface area contributed by atoms with Crippen LogP contribution in [0.25, 0.3) is 0 Å². The second-order valence-electron chi connectivity index (χ2n) is 3.41. The standard InChI is InChI=1S/C8H15N3O3S/c1-7(3-4-12)10-15(13,14)8-5-11(2)6-9-8/h5-7,10,12H,3-4H2,1-2H3. The molecule has 6 nitrogen and oxygen atoms in total. The van der Waals surface area contributed by atoms with Crippen LogP contribution in [0.1, 0.15) is 13.3 Å². The average Bonchev–Trinajstić information content (AvgIpc) is 2.51. The molecule has 1 atom stereocenters. The van der Waals surface area contributed by atoms with E-state index in [1.54, 1.807) is 18.5 Å². The molecule has 2 N–H and O–H groups in total. The SMILES string of the molecule is CC(CCO)NS(=O)(=O)c1cn(C)cn1. The number of hydrogen-bond donors (Lipinski definition) is 2. The van der Waals surface area contributed by atoms with Gasteiger partial charge < -0.3 is 9.67 Å². The molecule has 0 aliphatic rings.